The number of nitro benzene ring substituents is 1. The Morgan fingerprint density at radius 2 is 2.00 bits per heavy atom. The number of aryl methyl sites for hydroxylation is 1. The molecule has 104 valence electrons. The second kappa shape index (κ2) is 5.69. The van der Waals surface area contributed by atoms with E-state index < -0.39 is 4.92 Å². The van der Waals surface area contributed by atoms with Crippen molar-refractivity contribution in [3.05, 3.63) is 69.5 Å². The third-order valence-corrected chi connectivity index (χ3v) is 3.14. The van der Waals surface area contributed by atoms with Crippen LogP contribution in [0.4, 0.5) is 15.8 Å². The average molecular weight is 274 g/mol. The molecule has 0 saturated heterocycles. The molecule has 0 aromatic heterocycles. The quantitative estimate of drug-likeness (QED) is 0.671. The molecule has 5 heteroatoms. The van der Waals surface area contributed by atoms with Crippen molar-refractivity contribution in [1.29, 1.82) is 0 Å². The van der Waals surface area contributed by atoms with Crippen molar-refractivity contribution < 1.29 is 9.31 Å². The molecule has 2 aromatic rings. The highest BCUT2D eigenvalue weighted by Gasteiger charge is 2.14. The van der Waals surface area contributed by atoms with Gasteiger partial charge in [0.05, 0.1) is 4.92 Å². The zero-order valence-corrected chi connectivity index (χ0v) is 11.3. The summed E-state index contributed by atoms with van der Waals surface area (Å²) in [4.78, 5) is 10.5. The van der Waals surface area contributed by atoms with Crippen molar-refractivity contribution in [3.63, 3.8) is 0 Å². The Bertz CT molecular complexity index is 644. The summed E-state index contributed by atoms with van der Waals surface area (Å²) in [6.07, 6.45) is 0. The van der Waals surface area contributed by atoms with Crippen LogP contribution in [0.1, 0.15) is 24.1 Å². The van der Waals surface area contributed by atoms with E-state index in [9.17, 15) is 14.5 Å². The fourth-order valence-electron chi connectivity index (χ4n) is 2.00. The van der Waals surface area contributed by atoms with E-state index in [-0.39, 0.29) is 17.5 Å². The van der Waals surface area contributed by atoms with Gasteiger partial charge in [-0.15, -0.1) is 0 Å². The summed E-state index contributed by atoms with van der Waals surface area (Å²) >= 11 is 0. The second-order valence-corrected chi connectivity index (χ2v) is 4.68. The van der Waals surface area contributed by atoms with Gasteiger partial charge in [0, 0.05) is 23.4 Å². The Morgan fingerprint density at radius 1 is 1.25 bits per heavy atom. The highest BCUT2D eigenvalue weighted by Crippen LogP contribution is 2.25. The molecule has 0 fully saturated rings. The van der Waals surface area contributed by atoms with Crippen LogP contribution in [0.5, 0.6) is 0 Å². The van der Waals surface area contributed by atoms with E-state index in [1.54, 1.807) is 31.2 Å². The minimum atomic E-state index is -0.395. The molecule has 4 nitrogen and oxygen atoms in total. The van der Waals surface area contributed by atoms with Crippen molar-refractivity contribution in [2.75, 3.05) is 5.32 Å². The monoisotopic (exact) mass is 274 g/mol. The van der Waals surface area contributed by atoms with Crippen LogP contribution < -0.4 is 5.32 Å². The van der Waals surface area contributed by atoms with Crippen LogP contribution in [0.3, 0.4) is 0 Å². The minimum Gasteiger partial charge on any atom is -0.378 e. The Balaban J connectivity index is 2.23. The van der Waals surface area contributed by atoms with Gasteiger partial charge in [-0.2, -0.15) is 0 Å². The predicted molar refractivity (Wildman–Crippen MR) is 76.3 cm³/mol. The molecule has 0 radical (unpaired) electrons. The maximum Gasteiger partial charge on any atom is 0.272 e. The van der Waals surface area contributed by atoms with Crippen LogP contribution in [0.15, 0.2) is 42.5 Å². The summed E-state index contributed by atoms with van der Waals surface area (Å²) in [7, 11) is 0. The molecular weight excluding hydrogens is 259 g/mol. The third-order valence-electron chi connectivity index (χ3n) is 3.14. The number of nitrogens with one attached hydrogen (secondary N) is 1. The average Bonchev–Trinajstić information content (AvgIpc) is 2.38. The van der Waals surface area contributed by atoms with Gasteiger partial charge in [-0.3, -0.25) is 10.1 Å². The van der Waals surface area contributed by atoms with Crippen molar-refractivity contribution in [3.8, 4) is 0 Å². The van der Waals surface area contributed by atoms with Gasteiger partial charge >= 0.3 is 0 Å². The van der Waals surface area contributed by atoms with E-state index in [0.29, 0.717) is 11.3 Å². The maximum atomic E-state index is 13.1. The van der Waals surface area contributed by atoms with Gasteiger partial charge in [0.15, 0.2) is 0 Å². The molecule has 2 rings (SSSR count). The molecule has 0 amide bonds. The van der Waals surface area contributed by atoms with Crippen molar-refractivity contribution in [2.24, 2.45) is 0 Å². The topological polar surface area (TPSA) is 55.2 Å². The highest BCUT2D eigenvalue weighted by molar-refractivity contribution is 5.48. The Hall–Kier alpha value is -2.43. The lowest BCUT2D eigenvalue weighted by Gasteiger charge is -2.16. The van der Waals surface area contributed by atoms with Gasteiger partial charge in [0.1, 0.15) is 5.82 Å². The van der Waals surface area contributed by atoms with Gasteiger partial charge in [0.25, 0.3) is 5.69 Å². The fraction of sp³-hybridized carbons (Fsp3) is 0.200. The zero-order chi connectivity index (χ0) is 14.7. The first kappa shape index (κ1) is 14.0. The molecule has 1 N–H and O–H groups in total. The summed E-state index contributed by atoms with van der Waals surface area (Å²) < 4.78 is 13.1. The largest absolute Gasteiger partial charge is 0.378 e. The summed E-state index contributed by atoms with van der Waals surface area (Å²) in [6, 6.07) is 11.1. The van der Waals surface area contributed by atoms with Gasteiger partial charge in [-0.05, 0) is 37.6 Å². The van der Waals surface area contributed by atoms with Gasteiger partial charge in [-0.25, -0.2) is 4.39 Å². The predicted octanol–water partition coefficient (Wildman–Crippen LogP) is 4.22. The molecule has 0 bridgehead atoms. The van der Waals surface area contributed by atoms with Crippen LogP contribution in [-0.2, 0) is 0 Å². The molecule has 1 atom stereocenters. The standard InChI is InChI=1S/C15H15FN2O2/c1-10-6-7-12(8-15(10)18(19)20)11(2)17-14-5-3-4-13(16)9-14/h3-9,11,17H,1-2H3. The smallest absolute Gasteiger partial charge is 0.272 e. The van der Waals surface area contributed by atoms with E-state index in [4.69, 9.17) is 0 Å². The summed E-state index contributed by atoms with van der Waals surface area (Å²) in [5.74, 6) is -0.322. The van der Waals surface area contributed by atoms with Crippen LogP contribution >= 0.6 is 0 Å². The number of nitrogens with zero attached hydrogens (tertiary/aromatic N) is 1. The molecule has 2 aromatic carbocycles. The number of nitro groups is 1. The number of halogens is 1. The first-order valence-electron chi connectivity index (χ1n) is 6.24. The van der Waals surface area contributed by atoms with Gasteiger partial charge in [0.2, 0.25) is 0 Å². The Morgan fingerprint density at radius 3 is 2.65 bits per heavy atom. The van der Waals surface area contributed by atoms with E-state index in [1.807, 2.05) is 13.0 Å². The molecule has 0 spiro atoms. The lowest BCUT2D eigenvalue weighted by atomic mass is 10.0. The Labute approximate surface area is 116 Å². The van der Waals surface area contributed by atoms with Crippen molar-refractivity contribution >= 4 is 11.4 Å². The van der Waals surface area contributed by atoms with E-state index in [1.165, 1.54) is 12.1 Å². The summed E-state index contributed by atoms with van der Waals surface area (Å²) in [5.41, 5.74) is 2.14. The third kappa shape index (κ3) is 3.12. The minimum absolute atomic E-state index is 0.0930. The maximum absolute atomic E-state index is 13.1. The summed E-state index contributed by atoms with van der Waals surface area (Å²) in [5, 5.41) is 14.1. The van der Waals surface area contributed by atoms with Gasteiger partial charge < -0.3 is 5.32 Å². The van der Waals surface area contributed by atoms with Crippen molar-refractivity contribution in [1.82, 2.24) is 0 Å². The number of hydrogen-bond acceptors (Lipinski definition) is 3. The van der Waals surface area contributed by atoms with Crippen LogP contribution in [-0.4, -0.2) is 4.92 Å². The number of hydrogen-bond donors (Lipinski definition) is 1. The summed E-state index contributed by atoms with van der Waals surface area (Å²) in [6.45, 7) is 3.58. The lowest BCUT2D eigenvalue weighted by Crippen LogP contribution is -2.07. The molecular formula is C15H15FN2O2. The molecule has 20 heavy (non-hydrogen) atoms. The van der Waals surface area contributed by atoms with Gasteiger partial charge in [-0.1, -0.05) is 18.2 Å². The Kier molecular flexibility index (Phi) is 3.98. The molecule has 1 unspecified atom stereocenters. The second-order valence-electron chi connectivity index (χ2n) is 4.68. The number of benzene rings is 2. The van der Waals surface area contributed by atoms with Crippen LogP contribution in [0.25, 0.3) is 0 Å². The van der Waals surface area contributed by atoms with E-state index in [0.717, 1.165) is 5.56 Å². The molecule has 0 aliphatic rings. The first-order chi connectivity index (χ1) is 9.47. The van der Waals surface area contributed by atoms with Crippen LogP contribution in [0.2, 0.25) is 0 Å². The van der Waals surface area contributed by atoms with E-state index in [2.05, 4.69) is 5.32 Å². The molecule has 0 aliphatic carbocycles. The number of rotatable bonds is 4. The van der Waals surface area contributed by atoms with Crippen molar-refractivity contribution in [2.45, 2.75) is 19.9 Å². The van der Waals surface area contributed by atoms with E-state index >= 15 is 0 Å². The zero-order valence-electron chi connectivity index (χ0n) is 11.3. The first-order valence-corrected chi connectivity index (χ1v) is 6.24. The highest BCUT2D eigenvalue weighted by atomic mass is 19.1. The SMILES string of the molecule is Cc1ccc(C(C)Nc2cccc(F)c2)cc1[N+](=O)[O-]. The fourth-order valence-corrected chi connectivity index (χ4v) is 2.00. The normalized spacial score (nSPS) is 11.9. The molecule has 0 saturated carbocycles. The molecule has 0 heterocycles. The van der Waals surface area contributed by atoms with Crippen LogP contribution in [0, 0.1) is 22.9 Å². The molecule has 0 aliphatic heterocycles. The number of anilines is 1. The lowest BCUT2D eigenvalue weighted by molar-refractivity contribution is -0.385.